The third kappa shape index (κ3) is 3.88. The van der Waals surface area contributed by atoms with Gasteiger partial charge in [0.1, 0.15) is 0 Å². The van der Waals surface area contributed by atoms with Gasteiger partial charge >= 0.3 is 0 Å². The maximum absolute atomic E-state index is 12.4. The predicted molar refractivity (Wildman–Crippen MR) is 88.9 cm³/mol. The van der Waals surface area contributed by atoms with Gasteiger partial charge in [0.15, 0.2) is 5.78 Å². The van der Waals surface area contributed by atoms with Gasteiger partial charge in [0, 0.05) is 10.8 Å². The van der Waals surface area contributed by atoms with Gasteiger partial charge in [-0.1, -0.05) is 25.8 Å². The van der Waals surface area contributed by atoms with Crippen LogP contribution in [0.5, 0.6) is 0 Å². The smallest absolute Gasteiger partial charge is 0.173 e. The number of thioether (sulfide) groups is 1. The zero-order chi connectivity index (χ0) is 14.7. The molecule has 1 aliphatic rings. The normalized spacial score (nSPS) is 22.8. The minimum absolute atomic E-state index is 0.300. The third-order valence-corrected chi connectivity index (χ3v) is 5.81. The lowest BCUT2D eigenvalue weighted by molar-refractivity contribution is 0.102. The van der Waals surface area contributed by atoms with Crippen LogP contribution >= 0.6 is 11.8 Å². The van der Waals surface area contributed by atoms with E-state index in [9.17, 15) is 4.79 Å². The predicted octanol–water partition coefficient (Wildman–Crippen LogP) is 5.11. The molecule has 1 aliphatic carbocycles. The number of hydrogen-bond donors (Lipinski definition) is 0. The highest BCUT2D eigenvalue weighted by atomic mass is 32.2. The summed E-state index contributed by atoms with van der Waals surface area (Å²) in [6.45, 7) is 8.57. The molecule has 1 aromatic rings. The van der Waals surface area contributed by atoms with E-state index in [1.807, 2.05) is 18.7 Å². The standard InChI is InChI=1S/C18H26OS/c1-12-6-5-7-16(8-12)20-11-18(19)17-10-14(3)13(2)9-15(17)4/h9-10,12,16H,5-8,11H2,1-4H3. The van der Waals surface area contributed by atoms with Gasteiger partial charge in [-0.25, -0.2) is 0 Å². The van der Waals surface area contributed by atoms with E-state index < -0.39 is 0 Å². The van der Waals surface area contributed by atoms with Crippen LogP contribution < -0.4 is 0 Å². The van der Waals surface area contributed by atoms with Crippen LogP contribution in [-0.4, -0.2) is 16.8 Å². The lowest BCUT2D eigenvalue weighted by Gasteiger charge is -2.26. The van der Waals surface area contributed by atoms with E-state index in [0.717, 1.165) is 17.0 Å². The Morgan fingerprint density at radius 1 is 1.15 bits per heavy atom. The maximum Gasteiger partial charge on any atom is 0.173 e. The molecular weight excluding hydrogens is 264 g/mol. The lowest BCUT2D eigenvalue weighted by Crippen LogP contribution is -2.17. The van der Waals surface area contributed by atoms with Crippen LogP contribution in [0.2, 0.25) is 0 Å². The molecule has 2 heteroatoms. The Bertz CT molecular complexity index is 492. The minimum atomic E-state index is 0.300. The van der Waals surface area contributed by atoms with E-state index in [4.69, 9.17) is 0 Å². The average Bonchev–Trinajstić information content (AvgIpc) is 2.40. The van der Waals surface area contributed by atoms with Crippen molar-refractivity contribution >= 4 is 17.5 Å². The topological polar surface area (TPSA) is 17.1 Å². The number of carbonyl (C=O) groups excluding carboxylic acids is 1. The lowest BCUT2D eigenvalue weighted by atomic mass is 9.91. The van der Waals surface area contributed by atoms with Gasteiger partial charge < -0.3 is 0 Å². The highest BCUT2D eigenvalue weighted by molar-refractivity contribution is 8.00. The Balaban J connectivity index is 1.96. The van der Waals surface area contributed by atoms with Crippen molar-refractivity contribution in [3.8, 4) is 0 Å². The van der Waals surface area contributed by atoms with Crippen molar-refractivity contribution < 1.29 is 4.79 Å². The summed E-state index contributed by atoms with van der Waals surface area (Å²) in [7, 11) is 0. The van der Waals surface area contributed by atoms with Crippen molar-refractivity contribution in [1.29, 1.82) is 0 Å². The first-order chi connectivity index (χ1) is 9.47. The SMILES string of the molecule is Cc1cc(C)c(C(=O)CSC2CCCC(C)C2)cc1C. The van der Waals surface area contributed by atoms with E-state index in [-0.39, 0.29) is 0 Å². The summed E-state index contributed by atoms with van der Waals surface area (Å²) in [4.78, 5) is 12.4. The molecule has 2 atom stereocenters. The van der Waals surface area contributed by atoms with E-state index in [0.29, 0.717) is 16.8 Å². The summed E-state index contributed by atoms with van der Waals surface area (Å²) in [6.07, 6.45) is 5.26. The zero-order valence-corrected chi connectivity index (χ0v) is 14.0. The summed E-state index contributed by atoms with van der Waals surface area (Å²) in [5.41, 5.74) is 4.53. The van der Waals surface area contributed by atoms with Crippen LogP contribution in [0, 0.1) is 26.7 Å². The molecule has 0 aliphatic heterocycles. The van der Waals surface area contributed by atoms with Gasteiger partial charge in [0.05, 0.1) is 5.75 Å². The Morgan fingerprint density at radius 3 is 2.55 bits per heavy atom. The average molecular weight is 290 g/mol. The quantitative estimate of drug-likeness (QED) is 0.717. The molecule has 0 bridgehead atoms. The summed E-state index contributed by atoms with van der Waals surface area (Å²) >= 11 is 1.87. The Hall–Kier alpha value is -0.760. The van der Waals surface area contributed by atoms with E-state index >= 15 is 0 Å². The largest absolute Gasteiger partial charge is 0.293 e. The number of benzene rings is 1. The summed E-state index contributed by atoms with van der Waals surface area (Å²) in [5.74, 6) is 1.77. The second-order valence-electron chi connectivity index (χ2n) is 6.38. The number of ketones is 1. The fourth-order valence-corrected chi connectivity index (χ4v) is 4.40. The second-order valence-corrected chi connectivity index (χ2v) is 7.67. The molecule has 2 rings (SSSR count). The van der Waals surface area contributed by atoms with Crippen LogP contribution in [0.25, 0.3) is 0 Å². The van der Waals surface area contributed by atoms with Gasteiger partial charge in [-0.3, -0.25) is 4.79 Å². The van der Waals surface area contributed by atoms with E-state index in [2.05, 4.69) is 32.9 Å². The number of carbonyl (C=O) groups is 1. The highest BCUT2D eigenvalue weighted by Gasteiger charge is 2.20. The van der Waals surface area contributed by atoms with Crippen molar-refractivity contribution in [3.05, 3.63) is 34.4 Å². The fourth-order valence-electron chi connectivity index (χ4n) is 3.06. The molecule has 0 heterocycles. The summed E-state index contributed by atoms with van der Waals surface area (Å²) in [5, 5.41) is 0.689. The van der Waals surface area contributed by atoms with Crippen LogP contribution in [0.1, 0.15) is 59.7 Å². The van der Waals surface area contributed by atoms with Crippen LogP contribution in [0.3, 0.4) is 0 Å². The van der Waals surface area contributed by atoms with Gasteiger partial charge in [-0.05, 0) is 62.3 Å². The van der Waals surface area contributed by atoms with Crippen molar-refractivity contribution in [2.45, 2.75) is 58.6 Å². The molecule has 2 unspecified atom stereocenters. The van der Waals surface area contributed by atoms with E-state index in [1.54, 1.807) is 0 Å². The van der Waals surface area contributed by atoms with E-state index in [1.165, 1.54) is 36.8 Å². The van der Waals surface area contributed by atoms with Crippen LogP contribution in [0.4, 0.5) is 0 Å². The first-order valence-electron chi connectivity index (χ1n) is 7.70. The molecule has 0 spiro atoms. The molecule has 0 aromatic heterocycles. The number of rotatable bonds is 4. The molecule has 1 fully saturated rings. The number of hydrogen-bond acceptors (Lipinski definition) is 2. The van der Waals surface area contributed by atoms with Crippen LogP contribution in [0.15, 0.2) is 12.1 Å². The molecular formula is C18H26OS. The summed E-state index contributed by atoms with van der Waals surface area (Å²) in [6, 6.07) is 4.20. The molecule has 20 heavy (non-hydrogen) atoms. The first kappa shape index (κ1) is 15.6. The molecule has 1 saturated carbocycles. The molecule has 0 amide bonds. The minimum Gasteiger partial charge on any atom is -0.293 e. The fraction of sp³-hybridized carbons (Fsp3) is 0.611. The highest BCUT2D eigenvalue weighted by Crippen LogP contribution is 2.32. The molecule has 110 valence electrons. The molecule has 1 nitrogen and oxygen atoms in total. The molecule has 1 aromatic carbocycles. The molecule has 0 N–H and O–H groups in total. The first-order valence-corrected chi connectivity index (χ1v) is 8.75. The molecule has 0 radical (unpaired) electrons. The monoisotopic (exact) mass is 290 g/mol. The van der Waals surface area contributed by atoms with Gasteiger partial charge in [-0.15, -0.1) is 0 Å². The second kappa shape index (κ2) is 6.80. The van der Waals surface area contributed by atoms with Gasteiger partial charge in [-0.2, -0.15) is 11.8 Å². The summed E-state index contributed by atoms with van der Waals surface area (Å²) < 4.78 is 0. The van der Waals surface area contributed by atoms with Gasteiger partial charge in [0.25, 0.3) is 0 Å². The Labute approximate surface area is 127 Å². The Kier molecular flexibility index (Phi) is 5.31. The Morgan fingerprint density at radius 2 is 1.85 bits per heavy atom. The zero-order valence-electron chi connectivity index (χ0n) is 13.2. The number of aryl methyl sites for hydroxylation is 3. The third-order valence-electron chi connectivity index (χ3n) is 4.48. The van der Waals surface area contributed by atoms with Crippen molar-refractivity contribution in [2.24, 2.45) is 5.92 Å². The van der Waals surface area contributed by atoms with Crippen molar-refractivity contribution in [3.63, 3.8) is 0 Å². The van der Waals surface area contributed by atoms with Crippen molar-refractivity contribution in [1.82, 2.24) is 0 Å². The number of Topliss-reactive ketones (excluding diaryl/α,β-unsaturated/α-hetero) is 1. The van der Waals surface area contributed by atoms with Crippen molar-refractivity contribution in [2.75, 3.05) is 5.75 Å². The van der Waals surface area contributed by atoms with Gasteiger partial charge in [0.2, 0.25) is 0 Å². The maximum atomic E-state index is 12.4. The molecule has 0 saturated heterocycles. The van der Waals surface area contributed by atoms with Crippen LogP contribution in [-0.2, 0) is 0 Å².